The molecular formula is C22H18Cl2F3N3O2S. The summed E-state index contributed by atoms with van der Waals surface area (Å²) in [5.41, 5.74) is -1.58. The van der Waals surface area contributed by atoms with Crippen molar-refractivity contribution in [3.05, 3.63) is 69.4 Å². The Labute approximate surface area is 202 Å². The Morgan fingerprint density at radius 3 is 2.67 bits per heavy atom. The van der Waals surface area contributed by atoms with Crippen LogP contribution in [0.4, 0.5) is 13.2 Å². The first-order valence-corrected chi connectivity index (χ1v) is 12.0. The molecule has 3 aliphatic rings. The van der Waals surface area contributed by atoms with Gasteiger partial charge in [0.25, 0.3) is 5.60 Å². The first-order valence-electron chi connectivity index (χ1n) is 9.89. The predicted molar refractivity (Wildman–Crippen MR) is 125 cm³/mol. The van der Waals surface area contributed by atoms with Gasteiger partial charge in [-0.05, 0) is 24.5 Å². The van der Waals surface area contributed by atoms with Gasteiger partial charge in [-0.2, -0.15) is 24.9 Å². The molecule has 0 saturated heterocycles. The van der Waals surface area contributed by atoms with Crippen molar-refractivity contribution in [3.63, 3.8) is 0 Å². The SMILES string of the molecule is CSCCNC(=O)C1=CC=C(C2=NOC(c3cc(Cl)cc(Cl)c3)(C(F)(F)F)C2)C2=NC=CC12. The molecule has 1 aromatic carbocycles. The second-order valence-corrected chi connectivity index (χ2v) is 9.43. The van der Waals surface area contributed by atoms with Gasteiger partial charge in [0.2, 0.25) is 5.91 Å². The van der Waals surface area contributed by atoms with Crippen molar-refractivity contribution < 1.29 is 22.8 Å². The molecule has 0 radical (unpaired) electrons. The number of hydrogen-bond acceptors (Lipinski definition) is 5. The zero-order valence-corrected chi connectivity index (χ0v) is 19.6. The lowest BCUT2D eigenvalue weighted by atomic mass is 9.80. The Morgan fingerprint density at radius 2 is 2.00 bits per heavy atom. The predicted octanol–water partition coefficient (Wildman–Crippen LogP) is 5.46. The molecule has 33 heavy (non-hydrogen) atoms. The molecule has 1 N–H and O–H groups in total. The van der Waals surface area contributed by atoms with E-state index in [2.05, 4.69) is 15.5 Å². The second kappa shape index (κ2) is 9.19. The molecule has 2 heterocycles. The molecule has 0 spiro atoms. The minimum atomic E-state index is -4.80. The third kappa shape index (κ3) is 4.46. The topological polar surface area (TPSA) is 63.0 Å². The van der Waals surface area contributed by atoms with Gasteiger partial charge in [0.05, 0.1) is 23.8 Å². The monoisotopic (exact) mass is 515 g/mol. The average molecular weight is 516 g/mol. The van der Waals surface area contributed by atoms with Crippen LogP contribution in [0.5, 0.6) is 0 Å². The van der Waals surface area contributed by atoms with Crippen LogP contribution in [0.1, 0.15) is 12.0 Å². The highest BCUT2D eigenvalue weighted by Crippen LogP contribution is 2.50. The lowest BCUT2D eigenvalue weighted by molar-refractivity contribution is -0.275. The molecular weight excluding hydrogens is 498 g/mol. The summed E-state index contributed by atoms with van der Waals surface area (Å²) in [6.45, 7) is 0.508. The van der Waals surface area contributed by atoms with Gasteiger partial charge in [-0.25, -0.2) is 0 Å². The van der Waals surface area contributed by atoms with Crippen molar-refractivity contribution in [1.29, 1.82) is 0 Å². The number of aliphatic imine (C=N–C) groups is 1. The van der Waals surface area contributed by atoms with Crippen LogP contribution in [-0.4, -0.2) is 42.1 Å². The molecule has 4 rings (SSSR count). The van der Waals surface area contributed by atoms with Gasteiger partial charge < -0.3 is 10.2 Å². The molecule has 11 heteroatoms. The smallest absolute Gasteiger partial charge is 0.374 e. The number of amides is 1. The summed E-state index contributed by atoms with van der Waals surface area (Å²) < 4.78 is 42.8. The number of fused-ring (bicyclic) bond motifs is 1. The van der Waals surface area contributed by atoms with E-state index in [1.54, 1.807) is 30.0 Å². The zero-order valence-electron chi connectivity index (χ0n) is 17.2. The number of alkyl halides is 3. The van der Waals surface area contributed by atoms with Gasteiger partial charge in [-0.1, -0.05) is 46.6 Å². The molecule has 5 nitrogen and oxygen atoms in total. The number of halogens is 5. The van der Waals surface area contributed by atoms with E-state index in [0.717, 1.165) is 5.75 Å². The van der Waals surface area contributed by atoms with Gasteiger partial charge in [0.15, 0.2) is 0 Å². The number of nitrogens with one attached hydrogen (secondary N) is 1. The molecule has 1 aromatic rings. The molecule has 2 unspecified atom stereocenters. The van der Waals surface area contributed by atoms with Crippen LogP contribution in [0.15, 0.2) is 63.9 Å². The standard InChI is InChI=1S/C22H18Cl2F3N3O2S/c1-33-7-6-29-20(31)16-2-3-17(19-15(16)4-5-28-19)18-11-21(32-30-18,22(25,26)27)12-8-13(23)10-14(24)9-12/h2-5,8-10,15H,6-7,11H2,1H3,(H,29,31). The molecule has 0 aromatic heterocycles. The van der Waals surface area contributed by atoms with Gasteiger partial charge in [0.1, 0.15) is 0 Å². The maximum atomic E-state index is 14.3. The first kappa shape index (κ1) is 23.9. The van der Waals surface area contributed by atoms with Crippen molar-refractivity contribution in [1.82, 2.24) is 5.32 Å². The van der Waals surface area contributed by atoms with Crippen LogP contribution in [-0.2, 0) is 15.2 Å². The van der Waals surface area contributed by atoms with E-state index < -0.39 is 24.1 Å². The quantitative estimate of drug-likeness (QED) is 0.511. The van der Waals surface area contributed by atoms with E-state index in [1.807, 2.05) is 6.26 Å². The molecule has 174 valence electrons. The molecule has 2 atom stereocenters. The van der Waals surface area contributed by atoms with Gasteiger partial charge >= 0.3 is 6.18 Å². The summed E-state index contributed by atoms with van der Waals surface area (Å²) in [6.07, 6.45) is 2.97. The second-order valence-electron chi connectivity index (χ2n) is 7.57. The Hall–Kier alpha value is -2.23. The van der Waals surface area contributed by atoms with Crippen molar-refractivity contribution in [2.75, 3.05) is 18.6 Å². The highest BCUT2D eigenvalue weighted by Gasteiger charge is 2.63. The minimum absolute atomic E-state index is 0.0551. The Bertz CT molecular complexity index is 1120. The molecule has 0 saturated carbocycles. The number of carbonyl (C=O) groups is 1. The number of oxime groups is 1. The molecule has 1 aliphatic carbocycles. The maximum Gasteiger partial charge on any atom is 0.435 e. The van der Waals surface area contributed by atoms with Gasteiger partial charge in [-0.15, -0.1) is 0 Å². The highest BCUT2D eigenvalue weighted by molar-refractivity contribution is 7.98. The number of thioether (sulfide) groups is 1. The fourth-order valence-corrected chi connectivity index (χ4v) is 4.73. The summed E-state index contributed by atoms with van der Waals surface area (Å²) in [5, 5.41) is 6.76. The fourth-order valence-electron chi connectivity index (χ4n) is 3.90. The van der Waals surface area contributed by atoms with Gasteiger partial charge in [-0.3, -0.25) is 9.79 Å². The molecule has 0 bridgehead atoms. The van der Waals surface area contributed by atoms with E-state index in [0.29, 0.717) is 23.4 Å². The third-order valence-corrected chi connectivity index (χ3v) is 6.56. The van der Waals surface area contributed by atoms with Crippen LogP contribution in [0.3, 0.4) is 0 Å². The van der Waals surface area contributed by atoms with E-state index >= 15 is 0 Å². The summed E-state index contributed by atoms with van der Waals surface area (Å²) in [6, 6.07) is 3.68. The summed E-state index contributed by atoms with van der Waals surface area (Å²) in [5.74, 6) is 0.0536. The van der Waals surface area contributed by atoms with Crippen LogP contribution in [0, 0.1) is 5.92 Å². The lowest BCUT2D eigenvalue weighted by Crippen LogP contribution is -2.43. The average Bonchev–Trinajstić information content (AvgIpc) is 3.40. The number of benzene rings is 1. The van der Waals surface area contributed by atoms with Crippen LogP contribution >= 0.6 is 35.0 Å². The summed E-state index contributed by atoms with van der Waals surface area (Å²) in [4.78, 5) is 22.0. The number of carbonyl (C=O) groups excluding carboxylic acids is 1. The van der Waals surface area contributed by atoms with Crippen LogP contribution in [0.2, 0.25) is 10.0 Å². The van der Waals surface area contributed by atoms with Crippen molar-refractivity contribution >= 4 is 52.3 Å². The van der Waals surface area contributed by atoms with Gasteiger partial charge in [0, 0.05) is 45.3 Å². The normalized spacial score (nSPS) is 23.9. The summed E-state index contributed by atoms with van der Waals surface area (Å²) >= 11 is 13.5. The number of hydrogen-bond donors (Lipinski definition) is 1. The van der Waals surface area contributed by atoms with Crippen molar-refractivity contribution in [2.45, 2.75) is 18.2 Å². The highest BCUT2D eigenvalue weighted by atomic mass is 35.5. The van der Waals surface area contributed by atoms with E-state index in [9.17, 15) is 18.0 Å². The van der Waals surface area contributed by atoms with E-state index in [4.69, 9.17) is 28.0 Å². The molecule has 1 amide bonds. The van der Waals surface area contributed by atoms with Crippen LogP contribution < -0.4 is 5.32 Å². The summed E-state index contributed by atoms with van der Waals surface area (Å²) in [7, 11) is 0. The zero-order chi connectivity index (χ0) is 23.8. The van der Waals surface area contributed by atoms with Crippen molar-refractivity contribution in [2.24, 2.45) is 16.1 Å². The van der Waals surface area contributed by atoms with Crippen molar-refractivity contribution in [3.8, 4) is 0 Å². The Kier molecular flexibility index (Phi) is 6.66. The molecule has 2 aliphatic heterocycles. The maximum absolute atomic E-state index is 14.3. The number of allylic oxidation sites excluding steroid dienone is 4. The number of rotatable bonds is 6. The van der Waals surface area contributed by atoms with E-state index in [1.165, 1.54) is 24.4 Å². The first-order chi connectivity index (χ1) is 15.7. The molecule has 0 fully saturated rings. The minimum Gasteiger partial charge on any atom is -0.374 e. The third-order valence-electron chi connectivity index (χ3n) is 5.51. The fraction of sp³-hybridized carbons (Fsp3) is 0.318. The Balaban J connectivity index is 1.65. The van der Waals surface area contributed by atoms with Crippen LogP contribution in [0.25, 0.3) is 0 Å². The lowest BCUT2D eigenvalue weighted by Gasteiger charge is -2.30. The Morgan fingerprint density at radius 1 is 1.27 bits per heavy atom. The van der Waals surface area contributed by atoms with E-state index in [-0.39, 0.29) is 27.2 Å². The largest absolute Gasteiger partial charge is 0.435 e. The number of nitrogens with zero attached hydrogens (tertiary/aromatic N) is 2.